The molecule has 3 nitrogen and oxygen atoms in total. The highest BCUT2D eigenvalue weighted by Gasteiger charge is 1.97. The van der Waals surface area contributed by atoms with E-state index >= 15 is 0 Å². The molecule has 0 saturated heterocycles. The minimum atomic E-state index is 0.779. The third-order valence-corrected chi connectivity index (χ3v) is 3.17. The lowest BCUT2D eigenvalue weighted by Gasteiger charge is -2.07. The van der Waals surface area contributed by atoms with Gasteiger partial charge in [0, 0.05) is 11.0 Å². The number of hydrogen-bond donors (Lipinski definition) is 1. The molecular formula is C12H12BrN3. The van der Waals surface area contributed by atoms with Crippen LogP contribution in [0.2, 0.25) is 0 Å². The van der Waals surface area contributed by atoms with Crippen molar-refractivity contribution in [1.29, 1.82) is 0 Å². The van der Waals surface area contributed by atoms with E-state index in [1.54, 1.807) is 12.4 Å². The molecule has 4 heteroatoms. The number of nitrogens with zero attached hydrogens (tertiary/aromatic N) is 2. The molecule has 0 bridgehead atoms. The highest BCUT2D eigenvalue weighted by molar-refractivity contribution is 9.10. The smallest absolute Gasteiger partial charge is 0.115 e. The van der Waals surface area contributed by atoms with Gasteiger partial charge in [0.1, 0.15) is 6.33 Å². The van der Waals surface area contributed by atoms with E-state index in [9.17, 15) is 0 Å². The minimum Gasteiger partial charge on any atom is -0.378 e. The summed E-state index contributed by atoms with van der Waals surface area (Å²) in [6, 6.07) is 6.31. The maximum Gasteiger partial charge on any atom is 0.115 e. The number of aromatic nitrogens is 2. The summed E-state index contributed by atoms with van der Waals surface area (Å²) in [6.07, 6.45) is 5.05. The van der Waals surface area contributed by atoms with E-state index in [0.717, 1.165) is 16.7 Å². The summed E-state index contributed by atoms with van der Waals surface area (Å²) >= 11 is 3.48. The molecule has 82 valence electrons. The quantitative estimate of drug-likeness (QED) is 0.937. The van der Waals surface area contributed by atoms with E-state index in [0.29, 0.717) is 0 Å². The van der Waals surface area contributed by atoms with E-state index in [1.807, 2.05) is 0 Å². The van der Waals surface area contributed by atoms with Crippen LogP contribution in [0.3, 0.4) is 0 Å². The highest BCUT2D eigenvalue weighted by atomic mass is 79.9. The average Bonchev–Trinajstić information content (AvgIpc) is 2.32. The van der Waals surface area contributed by atoms with Gasteiger partial charge >= 0.3 is 0 Å². The number of benzene rings is 1. The van der Waals surface area contributed by atoms with Crippen LogP contribution in [0, 0.1) is 6.92 Å². The van der Waals surface area contributed by atoms with Crippen molar-refractivity contribution in [1.82, 2.24) is 9.97 Å². The van der Waals surface area contributed by atoms with Gasteiger partial charge < -0.3 is 5.32 Å². The number of nitrogens with one attached hydrogen (secondary N) is 1. The molecule has 2 aromatic rings. The first-order valence-corrected chi connectivity index (χ1v) is 5.79. The zero-order chi connectivity index (χ0) is 11.4. The lowest BCUT2D eigenvalue weighted by Crippen LogP contribution is -2.00. The molecule has 0 radical (unpaired) electrons. The van der Waals surface area contributed by atoms with Crippen LogP contribution < -0.4 is 5.32 Å². The second-order valence-electron chi connectivity index (χ2n) is 3.56. The SMILES string of the molecule is Cc1cc(CNc2cncnc2)ccc1Br. The van der Waals surface area contributed by atoms with Crippen molar-refractivity contribution >= 4 is 21.6 Å². The first-order chi connectivity index (χ1) is 7.75. The maximum atomic E-state index is 3.95. The van der Waals surface area contributed by atoms with Crippen molar-refractivity contribution in [2.45, 2.75) is 13.5 Å². The Bertz CT molecular complexity index is 471. The van der Waals surface area contributed by atoms with Gasteiger partial charge in [0.2, 0.25) is 0 Å². The van der Waals surface area contributed by atoms with Crippen LogP contribution >= 0.6 is 15.9 Å². The Morgan fingerprint density at radius 3 is 2.69 bits per heavy atom. The second kappa shape index (κ2) is 5.07. The normalized spacial score (nSPS) is 10.1. The highest BCUT2D eigenvalue weighted by Crippen LogP contribution is 2.17. The summed E-state index contributed by atoms with van der Waals surface area (Å²) < 4.78 is 1.14. The van der Waals surface area contributed by atoms with Crippen LogP contribution in [0.25, 0.3) is 0 Å². The molecule has 0 unspecified atom stereocenters. The zero-order valence-corrected chi connectivity index (χ0v) is 10.5. The van der Waals surface area contributed by atoms with E-state index in [-0.39, 0.29) is 0 Å². The number of hydrogen-bond acceptors (Lipinski definition) is 3. The van der Waals surface area contributed by atoms with Gasteiger partial charge in [-0.1, -0.05) is 28.1 Å². The van der Waals surface area contributed by atoms with E-state index in [2.05, 4.69) is 56.3 Å². The van der Waals surface area contributed by atoms with Crippen molar-refractivity contribution < 1.29 is 0 Å². The molecule has 0 spiro atoms. The molecule has 0 aliphatic rings. The zero-order valence-electron chi connectivity index (χ0n) is 8.94. The van der Waals surface area contributed by atoms with Gasteiger partial charge in [-0.3, -0.25) is 0 Å². The molecule has 0 saturated carbocycles. The monoisotopic (exact) mass is 277 g/mol. The van der Waals surface area contributed by atoms with Crippen LogP contribution in [0.5, 0.6) is 0 Å². The summed E-state index contributed by atoms with van der Waals surface area (Å²) in [5.74, 6) is 0. The molecule has 0 fully saturated rings. The summed E-state index contributed by atoms with van der Waals surface area (Å²) in [5, 5.41) is 3.27. The van der Waals surface area contributed by atoms with Gasteiger partial charge in [0.15, 0.2) is 0 Å². The van der Waals surface area contributed by atoms with Crippen molar-refractivity contribution in [3.63, 3.8) is 0 Å². The van der Waals surface area contributed by atoms with Crippen LogP contribution in [0.1, 0.15) is 11.1 Å². The first-order valence-electron chi connectivity index (χ1n) is 4.99. The molecule has 0 aliphatic carbocycles. The lowest BCUT2D eigenvalue weighted by molar-refractivity contribution is 1.10. The largest absolute Gasteiger partial charge is 0.378 e. The van der Waals surface area contributed by atoms with E-state index in [1.165, 1.54) is 17.5 Å². The summed E-state index contributed by atoms with van der Waals surface area (Å²) in [4.78, 5) is 7.90. The summed E-state index contributed by atoms with van der Waals surface area (Å²) in [6.45, 7) is 2.86. The van der Waals surface area contributed by atoms with Crippen molar-refractivity contribution in [2.24, 2.45) is 0 Å². The summed E-state index contributed by atoms with van der Waals surface area (Å²) in [5.41, 5.74) is 3.41. The molecule has 1 N–H and O–H groups in total. The predicted octanol–water partition coefficient (Wildman–Crippen LogP) is 3.16. The third kappa shape index (κ3) is 2.79. The number of aryl methyl sites for hydroxylation is 1. The van der Waals surface area contributed by atoms with Gasteiger partial charge in [-0.2, -0.15) is 0 Å². The van der Waals surface area contributed by atoms with Crippen molar-refractivity contribution in [3.8, 4) is 0 Å². The molecule has 0 atom stereocenters. The number of rotatable bonds is 3. The Hall–Kier alpha value is -1.42. The number of halogens is 1. The third-order valence-electron chi connectivity index (χ3n) is 2.28. The van der Waals surface area contributed by atoms with Crippen LogP contribution in [-0.4, -0.2) is 9.97 Å². The molecule has 0 amide bonds. The molecule has 1 heterocycles. The average molecular weight is 278 g/mol. The molecular weight excluding hydrogens is 266 g/mol. The fraction of sp³-hybridized carbons (Fsp3) is 0.167. The first kappa shape index (κ1) is 11.1. The Labute approximate surface area is 103 Å². The molecule has 1 aromatic carbocycles. The molecule has 2 rings (SSSR count). The van der Waals surface area contributed by atoms with Crippen molar-refractivity contribution in [3.05, 3.63) is 52.5 Å². The number of anilines is 1. The summed E-state index contributed by atoms with van der Waals surface area (Å²) in [7, 11) is 0. The predicted molar refractivity (Wildman–Crippen MR) is 68.2 cm³/mol. The second-order valence-corrected chi connectivity index (χ2v) is 4.42. The van der Waals surface area contributed by atoms with Crippen LogP contribution in [-0.2, 0) is 6.54 Å². The Balaban J connectivity index is 2.03. The fourth-order valence-corrected chi connectivity index (χ4v) is 1.66. The van der Waals surface area contributed by atoms with Gasteiger partial charge in [-0.15, -0.1) is 0 Å². The van der Waals surface area contributed by atoms with Gasteiger partial charge in [-0.25, -0.2) is 9.97 Å². The lowest BCUT2D eigenvalue weighted by atomic mass is 10.1. The Morgan fingerprint density at radius 2 is 2.00 bits per heavy atom. The fourth-order valence-electron chi connectivity index (χ4n) is 1.41. The van der Waals surface area contributed by atoms with Gasteiger partial charge in [0.25, 0.3) is 0 Å². The topological polar surface area (TPSA) is 37.8 Å². The Kier molecular flexibility index (Phi) is 3.51. The van der Waals surface area contributed by atoms with E-state index < -0.39 is 0 Å². The van der Waals surface area contributed by atoms with E-state index in [4.69, 9.17) is 0 Å². The maximum absolute atomic E-state index is 3.95. The van der Waals surface area contributed by atoms with Crippen molar-refractivity contribution in [2.75, 3.05) is 5.32 Å². The molecule has 1 aromatic heterocycles. The van der Waals surface area contributed by atoms with Crippen LogP contribution in [0.15, 0.2) is 41.4 Å². The minimum absolute atomic E-state index is 0.779. The Morgan fingerprint density at radius 1 is 1.25 bits per heavy atom. The molecule has 16 heavy (non-hydrogen) atoms. The van der Waals surface area contributed by atoms with Crippen LogP contribution in [0.4, 0.5) is 5.69 Å². The van der Waals surface area contributed by atoms with Gasteiger partial charge in [-0.05, 0) is 24.1 Å². The molecule has 0 aliphatic heterocycles. The standard InChI is InChI=1S/C12H12BrN3/c1-9-4-10(2-3-12(9)13)5-16-11-6-14-8-15-7-11/h2-4,6-8,16H,5H2,1H3. The van der Waals surface area contributed by atoms with Gasteiger partial charge in [0.05, 0.1) is 18.1 Å².